The lowest BCUT2D eigenvalue weighted by atomic mass is 9.85. The predicted octanol–water partition coefficient (Wildman–Crippen LogP) is 2.00. The first kappa shape index (κ1) is 10.7. The molecule has 1 aromatic rings. The van der Waals surface area contributed by atoms with Gasteiger partial charge in [0.2, 0.25) is 0 Å². The van der Waals surface area contributed by atoms with Crippen LogP contribution in [0.3, 0.4) is 0 Å². The molecule has 0 aromatic carbocycles. The van der Waals surface area contributed by atoms with Crippen LogP contribution in [0.4, 0.5) is 5.69 Å². The molecule has 1 saturated carbocycles. The number of nitrogens with zero attached hydrogens (tertiary/aromatic N) is 1. The number of H-pyrrole nitrogens is 1. The van der Waals surface area contributed by atoms with E-state index in [4.69, 9.17) is 5.73 Å². The molecule has 1 aliphatic carbocycles. The summed E-state index contributed by atoms with van der Waals surface area (Å²) in [4.78, 5) is 17.4. The summed E-state index contributed by atoms with van der Waals surface area (Å²) in [5, 5.41) is 0. The van der Waals surface area contributed by atoms with Gasteiger partial charge in [-0.25, -0.2) is 0 Å². The van der Waals surface area contributed by atoms with E-state index in [2.05, 4.69) is 9.88 Å². The van der Waals surface area contributed by atoms with Crippen LogP contribution in [0.2, 0.25) is 0 Å². The van der Waals surface area contributed by atoms with E-state index in [1.807, 2.05) is 0 Å². The maximum Gasteiger partial charge on any atom is 0.270 e. The van der Waals surface area contributed by atoms with E-state index in [0.717, 1.165) is 12.5 Å². The van der Waals surface area contributed by atoms with E-state index in [1.165, 1.54) is 32.1 Å². The fourth-order valence-corrected chi connectivity index (χ4v) is 3.35. The zero-order chi connectivity index (χ0) is 11.8. The van der Waals surface area contributed by atoms with Gasteiger partial charge in [-0.1, -0.05) is 12.8 Å². The van der Waals surface area contributed by atoms with Crippen molar-refractivity contribution in [2.45, 2.75) is 38.1 Å². The second-order valence-electron chi connectivity index (χ2n) is 5.25. The van der Waals surface area contributed by atoms with Crippen molar-refractivity contribution in [3.63, 3.8) is 0 Å². The van der Waals surface area contributed by atoms with Crippen LogP contribution in [0, 0.1) is 5.92 Å². The molecule has 1 saturated heterocycles. The van der Waals surface area contributed by atoms with Gasteiger partial charge in [0.15, 0.2) is 0 Å². The standard InChI is InChI=1S/C13H19N3O/c14-10-7-11(15-8-10)13(17)16-6-5-9-3-1-2-4-12(9)16/h7-9,12,15H,1-6,14H2. The molecule has 2 unspecified atom stereocenters. The summed E-state index contributed by atoms with van der Waals surface area (Å²) in [7, 11) is 0. The van der Waals surface area contributed by atoms with Crippen molar-refractivity contribution in [1.82, 2.24) is 9.88 Å². The Labute approximate surface area is 101 Å². The number of amides is 1. The highest BCUT2D eigenvalue weighted by molar-refractivity contribution is 5.93. The Morgan fingerprint density at radius 1 is 1.35 bits per heavy atom. The van der Waals surface area contributed by atoms with Crippen molar-refractivity contribution < 1.29 is 4.79 Å². The van der Waals surface area contributed by atoms with Crippen LogP contribution in [0.5, 0.6) is 0 Å². The minimum absolute atomic E-state index is 0.121. The summed E-state index contributed by atoms with van der Waals surface area (Å²) in [6, 6.07) is 2.21. The van der Waals surface area contributed by atoms with Gasteiger partial charge in [0.25, 0.3) is 5.91 Å². The maximum atomic E-state index is 12.4. The predicted molar refractivity (Wildman–Crippen MR) is 66.6 cm³/mol. The molecule has 17 heavy (non-hydrogen) atoms. The van der Waals surface area contributed by atoms with Gasteiger partial charge >= 0.3 is 0 Å². The molecule has 92 valence electrons. The first-order valence-electron chi connectivity index (χ1n) is 6.50. The summed E-state index contributed by atoms with van der Waals surface area (Å²) >= 11 is 0. The summed E-state index contributed by atoms with van der Waals surface area (Å²) in [5.41, 5.74) is 6.91. The molecule has 1 amide bonds. The quantitative estimate of drug-likeness (QED) is 0.779. The number of likely N-dealkylation sites (tertiary alicyclic amines) is 1. The molecule has 2 atom stereocenters. The second-order valence-corrected chi connectivity index (χ2v) is 5.25. The summed E-state index contributed by atoms with van der Waals surface area (Å²) in [6.07, 6.45) is 7.92. The monoisotopic (exact) mass is 233 g/mol. The third-order valence-corrected chi connectivity index (χ3v) is 4.21. The Morgan fingerprint density at radius 3 is 2.94 bits per heavy atom. The van der Waals surface area contributed by atoms with Crippen LogP contribution < -0.4 is 5.73 Å². The lowest BCUT2D eigenvalue weighted by Crippen LogP contribution is -2.39. The molecule has 3 N–H and O–H groups in total. The average Bonchev–Trinajstić information content (AvgIpc) is 2.94. The Balaban J connectivity index is 1.78. The third-order valence-electron chi connectivity index (χ3n) is 4.21. The van der Waals surface area contributed by atoms with Crippen molar-refractivity contribution in [3.05, 3.63) is 18.0 Å². The first-order valence-corrected chi connectivity index (χ1v) is 6.50. The number of aromatic nitrogens is 1. The molecular weight excluding hydrogens is 214 g/mol. The number of nitrogen functional groups attached to an aromatic ring is 1. The molecule has 2 fully saturated rings. The van der Waals surface area contributed by atoms with E-state index in [0.29, 0.717) is 17.4 Å². The second kappa shape index (κ2) is 4.09. The van der Waals surface area contributed by atoms with Crippen molar-refractivity contribution in [3.8, 4) is 0 Å². The average molecular weight is 233 g/mol. The van der Waals surface area contributed by atoms with Gasteiger partial charge in [0.1, 0.15) is 5.69 Å². The zero-order valence-electron chi connectivity index (χ0n) is 9.98. The highest BCUT2D eigenvalue weighted by Crippen LogP contribution is 2.36. The molecule has 0 spiro atoms. The Bertz CT molecular complexity index is 426. The third kappa shape index (κ3) is 1.81. The molecule has 2 aliphatic rings. The highest BCUT2D eigenvalue weighted by atomic mass is 16.2. The van der Waals surface area contributed by atoms with Gasteiger partial charge in [0, 0.05) is 24.5 Å². The van der Waals surface area contributed by atoms with E-state index in [9.17, 15) is 4.79 Å². The molecule has 4 nitrogen and oxygen atoms in total. The van der Waals surface area contributed by atoms with E-state index in [-0.39, 0.29) is 5.91 Å². The van der Waals surface area contributed by atoms with E-state index in [1.54, 1.807) is 12.3 Å². The Hall–Kier alpha value is -1.45. The van der Waals surface area contributed by atoms with Crippen LogP contribution in [0.25, 0.3) is 0 Å². The molecular formula is C13H19N3O. The van der Waals surface area contributed by atoms with Gasteiger partial charge in [-0.05, 0) is 31.2 Å². The van der Waals surface area contributed by atoms with Crippen molar-refractivity contribution in [2.75, 3.05) is 12.3 Å². The van der Waals surface area contributed by atoms with Gasteiger partial charge in [-0.15, -0.1) is 0 Å². The van der Waals surface area contributed by atoms with Gasteiger partial charge < -0.3 is 15.6 Å². The lowest BCUT2D eigenvalue weighted by Gasteiger charge is -2.31. The fraction of sp³-hybridized carbons (Fsp3) is 0.615. The maximum absolute atomic E-state index is 12.4. The smallest absolute Gasteiger partial charge is 0.270 e. The van der Waals surface area contributed by atoms with Crippen LogP contribution in [-0.2, 0) is 0 Å². The Kier molecular flexibility index (Phi) is 2.57. The molecule has 1 aromatic heterocycles. The SMILES string of the molecule is Nc1c[nH]c(C(=O)N2CCC3CCCCC32)c1. The number of aromatic amines is 1. The molecule has 3 rings (SSSR count). The van der Waals surface area contributed by atoms with Crippen LogP contribution in [-0.4, -0.2) is 28.4 Å². The largest absolute Gasteiger partial charge is 0.397 e. The number of nitrogens with one attached hydrogen (secondary N) is 1. The van der Waals surface area contributed by atoms with Gasteiger partial charge in [0.05, 0.1) is 0 Å². The number of rotatable bonds is 1. The topological polar surface area (TPSA) is 62.1 Å². The van der Waals surface area contributed by atoms with Crippen LogP contribution in [0.15, 0.2) is 12.3 Å². The number of hydrogen-bond acceptors (Lipinski definition) is 2. The van der Waals surface area contributed by atoms with Crippen LogP contribution in [0.1, 0.15) is 42.6 Å². The normalized spacial score (nSPS) is 28.1. The number of carbonyl (C=O) groups is 1. The van der Waals surface area contributed by atoms with Crippen molar-refractivity contribution >= 4 is 11.6 Å². The number of hydrogen-bond donors (Lipinski definition) is 2. The fourth-order valence-electron chi connectivity index (χ4n) is 3.35. The van der Waals surface area contributed by atoms with Gasteiger partial charge in [-0.2, -0.15) is 0 Å². The molecule has 0 bridgehead atoms. The molecule has 4 heteroatoms. The molecule has 2 heterocycles. The number of anilines is 1. The van der Waals surface area contributed by atoms with E-state index < -0.39 is 0 Å². The van der Waals surface area contributed by atoms with E-state index >= 15 is 0 Å². The first-order chi connectivity index (χ1) is 8.25. The molecule has 0 radical (unpaired) electrons. The summed E-state index contributed by atoms with van der Waals surface area (Å²) in [5.74, 6) is 0.858. The lowest BCUT2D eigenvalue weighted by molar-refractivity contribution is 0.0685. The number of nitrogens with two attached hydrogens (primary N) is 1. The zero-order valence-corrected chi connectivity index (χ0v) is 9.98. The Morgan fingerprint density at radius 2 is 2.18 bits per heavy atom. The minimum atomic E-state index is 0.121. The minimum Gasteiger partial charge on any atom is -0.397 e. The van der Waals surface area contributed by atoms with Crippen molar-refractivity contribution in [2.24, 2.45) is 5.92 Å². The summed E-state index contributed by atoms with van der Waals surface area (Å²) in [6.45, 7) is 0.910. The number of fused-ring (bicyclic) bond motifs is 1. The highest BCUT2D eigenvalue weighted by Gasteiger charge is 2.38. The van der Waals surface area contributed by atoms with Crippen LogP contribution >= 0.6 is 0 Å². The van der Waals surface area contributed by atoms with Gasteiger partial charge in [-0.3, -0.25) is 4.79 Å². The summed E-state index contributed by atoms with van der Waals surface area (Å²) < 4.78 is 0. The molecule has 1 aliphatic heterocycles. The van der Waals surface area contributed by atoms with Crippen molar-refractivity contribution in [1.29, 1.82) is 0 Å². The number of carbonyl (C=O) groups excluding carboxylic acids is 1.